The summed E-state index contributed by atoms with van der Waals surface area (Å²) in [6.07, 6.45) is 0.670. The van der Waals surface area contributed by atoms with E-state index in [0.717, 1.165) is 11.1 Å². The smallest absolute Gasteiger partial charge is 0.295 e. The summed E-state index contributed by atoms with van der Waals surface area (Å²) in [6.45, 7) is 8.66. The van der Waals surface area contributed by atoms with Gasteiger partial charge in [0.25, 0.3) is 11.7 Å². The third-order valence-electron chi connectivity index (χ3n) is 5.57. The second-order valence-electron chi connectivity index (χ2n) is 8.84. The molecule has 1 fully saturated rings. The second-order valence-corrected chi connectivity index (χ2v) is 9.65. The van der Waals surface area contributed by atoms with Crippen LogP contribution in [0, 0.1) is 0 Å². The van der Waals surface area contributed by atoms with E-state index in [4.69, 9.17) is 27.9 Å². The van der Waals surface area contributed by atoms with Crippen molar-refractivity contribution in [2.45, 2.75) is 45.6 Å². The van der Waals surface area contributed by atoms with Crippen molar-refractivity contribution in [1.82, 2.24) is 4.90 Å². The fourth-order valence-electron chi connectivity index (χ4n) is 3.91. The van der Waals surface area contributed by atoms with Crippen LogP contribution in [0.5, 0.6) is 5.75 Å². The molecule has 2 aromatic rings. The monoisotopic (exact) mass is 475 g/mol. The Hall–Kier alpha value is -2.50. The highest BCUT2D eigenvalue weighted by molar-refractivity contribution is 6.46. The van der Waals surface area contributed by atoms with Crippen LogP contribution >= 0.6 is 23.2 Å². The van der Waals surface area contributed by atoms with Gasteiger partial charge in [0.1, 0.15) is 5.76 Å². The molecule has 32 heavy (non-hydrogen) atoms. The highest BCUT2D eigenvalue weighted by Crippen LogP contribution is 2.42. The average Bonchev–Trinajstić information content (AvgIpc) is 2.97. The molecule has 1 atom stereocenters. The van der Waals surface area contributed by atoms with Crippen molar-refractivity contribution in [3.05, 3.63) is 68.7 Å². The second kappa shape index (κ2) is 9.16. The van der Waals surface area contributed by atoms with E-state index >= 15 is 0 Å². The number of methoxy groups -OCH3 is 1. The molecule has 7 heteroatoms. The number of Topliss-reactive ketones (excluding diaryl/α,β-unsaturated/α-hetero) is 1. The lowest BCUT2D eigenvalue weighted by atomic mass is 9.85. The zero-order valence-corrected chi connectivity index (χ0v) is 20.3. The zero-order chi connectivity index (χ0) is 23.8. The van der Waals surface area contributed by atoms with Crippen molar-refractivity contribution in [2.75, 3.05) is 13.7 Å². The fraction of sp³-hybridized carbons (Fsp3) is 0.360. The Morgan fingerprint density at radius 3 is 2.12 bits per heavy atom. The van der Waals surface area contributed by atoms with Gasteiger partial charge < -0.3 is 14.7 Å². The topological polar surface area (TPSA) is 66.8 Å². The molecule has 2 aromatic carbocycles. The molecular weight excluding hydrogens is 449 g/mol. The van der Waals surface area contributed by atoms with Gasteiger partial charge in [-0.25, -0.2) is 0 Å². The number of ketones is 1. The SMILES string of the molecule is CCCN1C(=O)C(=O)/C(=C(/O)c2cc(Cl)c(OC)c(Cl)c2)C1c1ccc(C(C)(C)C)cc1. The van der Waals surface area contributed by atoms with Gasteiger partial charge in [-0.1, -0.05) is 75.2 Å². The minimum Gasteiger partial charge on any atom is -0.507 e. The van der Waals surface area contributed by atoms with Gasteiger partial charge in [-0.15, -0.1) is 0 Å². The first-order valence-corrected chi connectivity index (χ1v) is 11.2. The van der Waals surface area contributed by atoms with E-state index in [2.05, 4.69) is 20.8 Å². The summed E-state index contributed by atoms with van der Waals surface area (Å²) in [6, 6.07) is 10.0. The maximum Gasteiger partial charge on any atom is 0.295 e. The minimum absolute atomic E-state index is 0.0178. The highest BCUT2D eigenvalue weighted by Gasteiger charge is 2.45. The van der Waals surface area contributed by atoms with Crippen LogP contribution in [0.25, 0.3) is 5.76 Å². The van der Waals surface area contributed by atoms with Crippen molar-refractivity contribution >= 4 is 40.7 Å². The fourth-order valence-corrected chi connectivity index (χ4v) is 4.55. The maximum atomic E-state index is 13.0. The quantitative estimate of drug-likeness (QED) is 0.320. The maximum absolute atomic E-state index is 13.0. The Morgan fingerprint density at radius 1 is 1.09 bits per heavy atom. The first kappa shape index (κ1) is 24.1. The standard InChI is InChI=1S/C25H27Cl2NO4/c1-6-11-28-20(14-7-9-16(10-8-14)25(2,3)4)19(22(30)24(28)31)21(29)15-12-17(26)23(32-5)18(27)13-15/h7-10,12-13,20,29H,6,11H2,1-5H3/b21-19+. The zero-order valence-electron chi connectivity index (χ0n) is 18.8. The van der Waals surface area contributed by atoms with Gasteiger partial charge >= 0.3 is 0 Å². The van der Waals surface area contributed by atoms with Crippen molar-refractivity contribution in [2.24, 2.45) is 0 Å². The van der Waals surface area contributed by atoms with Crippen molar-refractivity contribution in [1.29, 1.82) is 0 Å². The van der Waals surface area contributed by atoms with E-state index in [1.54, 1.807) is 0 Å². The number of halogens is 2. The van der Waals surface area contributed by atoms with E-state index in [1.807, 2.05) is 31.2 Å². The summed E-state index contributed by atoms with van der Waals surface area (Å²) in [7, 11) is 1.43. The number of aliphatic hydroxyl groups is 1. The van der Waals surface area contributed by atoms with Crippen LogP contribution in [-0.4, -0.2) is 35.4 Å². The number of hydrogen-bond acceptors (Lipinski definition) is 4. The lowest BCUT2D eigenvalue weighted by Crippen LogP contribution is -2.30. The molecule has 1 heterocycles. The molecule has 1 N–H and O–H groups in total. The van der Waals surface area contributed by atoms with Crippen molar-refractivity contribution in [3.63, 3.8) is 0 Å². The number of ether oxygens (including phenoxy) is 1. The Bertz CT molecular complexity index is 1060. The summed E-state index contributed by atoms with van der Waals surface area (Å²) in [4.78, 5) is 27.4. The summed E-state index contributed by atoms with van der Waals surface area (Å²) < 4.78 is 5.16. The Kier molecular flexibility index (Phi) is 6.91. The van der Waals surface area contributed by atoms with Crippen LogP contribution in [-0.2, 0) is 15.0 Å². The van der Waals surface area contributed by atoms with E-state index in [-0.39, 0.29) is 38.1 Å². The number of aliphatic hydroxyl groups excluding tert-OH is 1. The third kappa shape index (κ3) is 4.37. The highest BCUT2D eigenvalue weighted by atomic mass is 35.5. The number of hydrogen-bond donors (Lipinski definition) is 1. The number of likely N-dealkylation sites (tertiary alicyclic amines) is 1. The summed E-state index contributed by atoms with van der Waals surface area (Å²) in [5.41, 5.74) is 2.09. The van der Waals surface area contributed by atoms with Crippen molar-refractivity contribution in [3.8, 4) is 5.75 Å². The predicted molar refractivity (Wildman–Crippen MR) is 127 cm³/mol. The van der Waals surface area contributed by atoms with Gasteiger partial charge in [0, 0.05) is 12.1 Å². The van der Waals surface area contributed by atoms with Gasteiger partial charge in [-0.3, -0.25) is 9.59 Å². The molecule has 1 saturated heterocycles. The summed E-state index contributed by atoms with van der Waals surface area (Å²) in [5, 5.41) is 11.5. The number of amides is 1. The molecule has 0 bridgehead atoms. The van der Waals surface area contributed by atoms with Crippen LogP contribution in [0.3, 0.4) is 0 Å². The molecule has 1 aliphatic heterocycles. The average molecular weight is 476 g/mol. The Labute approximate surface area is 198 Å². The summed E-state index contributed by atoms with van der Waals surface area (Å²) >= 11 is 12.5. The number of rotatable bonds is 5. The molecule has 0 radical (unpaired) electrons. The molecule has 0 saturated carbocycles. The number of carbonyl (C=O) groups is 2. The van der Waals surface area contributed by atoms with Crippen LogP contribution in [0.1, 0.15) is 56.8 Å². The number of benzene rings is 2. The molecule has 0 aromatic heterocycles. The molecule has 1 unspecified atom stereocenters. The minimum atomic E-state index is -0.732. The number of carbonyl (C=O) groups excluding carboxylic acids is 2. The Balaban J connectivity index is 2.19. The molecule has 0 spiro atoms. The van der Waals surface area contributed by atoms with Crippen molar-refractivity contribution < 1.29 is 19.4 Å². The molecule has 1 aliphatic rings. The predicted octanol–water partition coefficient (Wildman–Crippen LogP) is 6.13. The van der Waals surface area contributed by atoms with Gasteiger partial charge in [0.15, 0.2) is 5.75 Å². The van der Waals surface area contributed by atoms with Crippen LogP contribution in [0.15, 0.2) is 42.0 Å². The first-order chi connectivity index (χ1) is 15.0. The lowest BCUT2D eigenvalue weighted by Gasteiger charge is -2.26. The Morgan fingerprint density at radius 2 is 1.66 bits per heavy atom. The molecule has 5 nitrogen and oxygen atoms in total. The van der Waals surface area contributed by atoms with Gasteiger partial charge in [-0.2, -0.15) is 0 Å². The molecule has 1 amide bonds. The van der Waals surface area contributed by atoms with E-state index in [0.29, 0.717) is 13.0 Å². The largest absolute Gasteiger partial charge is 0.507 e. The lowest BCUT2D eigenvalue weighted by molar-refractivity contribution is -0.139. The third-order valence-corrected chi connectivity index (χ3v) is 6.13. The molecule has 170 valence electrons. The molecular formula is C25H27Cl2NO4. The van der Waals surface area contributed by atoms with E-state index < -0.39 is 17.7 Å². The van der Waals surface area contributed by atoms with E-state index in [1.165, 1.54) is 24.1 Å². The molecule has 3 rings (SSSR count). The van der Waals surface area contributed by atoms with Crippen LogP contribution in [0.4, 0.5) is 0 Å². The first-order valence-electron chi connectivity index (χ1n) is 10.4. The number of nitrogens with zero attached hydrogens (tertiary/aromatic N) is 1. The van der Waals surface area contributed by atoms with Gasteiger partial charge in [0.2, 0.25) is 0 Å². The van der Waals surface area contributed by atoms with Gasteiger partial charge in [0.05, 0.1) is 28.8 Å². The summed E-state index contributed by atoms with van der Waals surface area (Å²) in [5.74, 6) is -1.42. The van der Waals surface area contributed by atoms with E-state index in [9.17, 15) is 14.7 Å². The molecule has 0 aliphatic carbocycles. The van der Waals surface area contributed by atoms with Gasteiger partial charge in [-0.05, 0) is 35.1 Å². The normalized spacial score (nSPS) is 18.3. The van der Waals surface area contributed by atoms with Crippen LogP contribution < -0.4 is 4.74 Å². The van der Waals surface area contributed by atoms with Crippen LogP contribution in [0.2, 0.25) is 10.0 Å².